The highest BCUT2D eigenvalue weighted by molar-refractivity contribution is 5.78. The first-order chi connectivity index (χ1) is 9.97. The molecule has 1 aromatic carbocycles. The summed E-state index contributed by atoms with van der Waals surface area (Å²) in [6, 6.07) is 10.1. The summed E-state index contributed by atoms with van der Waals surface area (Å²) in [4.78, 5) is 4.52. The van der Waals surface area contributed by atoms with E-state index in [1.807, 2.05) is 31.3 Å². The van der Waals surface area contributed by atoms with Gasteiger partial charge in [-0.2, -0.15) is 0 Å². The number of hydrogen-bond donors (Lipinski definition) is 2. The minimum atomic E-state index is -0.0953. The molecule has 2 aromatic rings. The van der Waals surface area contributed by atoms with Crippen molar-refractivity contribution in [2.75, 3.05) is 6.61 Å². The molecule has 0 aliphatic rings. The van der Waals surface area contributed by atoms with Crippen LogP contribution in [-0.4, -0.2) is 17.7 Å². The summed E-state index contributed by atoms with van der Waals surface area (Å²) in [6.07, 6.45) is 1.85. The van der Waals surface area contributed by atoms with Crippen LogP contribution >= 0.6 is 0 Å². The molecule has 1 aromatic heterocycles. The van der Waals surface area contributed by atoms with Crippen molar-refractivity contribution in [3.63, 3.8) is 0 Å². The molecule has 0 saturated heterocycles. The highest BCUT2D eigenvalue weighted by Crippen LogP contribution is 2.33. The van der Waals surface area contributed by atoms with Gasteiger partial charge in [-0.25, -0.2) is 0 Å². The second-order valence-electron chi connectivity index (χ2n) is 6.35. The van der Waals surface area contributed by atoms with Crippen LogP contribution in [0.3, 0.4) is 0 Å². The molecular formula is C17H25N3O. The summed E-state index contributed by atoms with van der Waals surface area (Å²) < 4.78 is 5.96. The zero-order valence-electron chi connectivity index (χ0n) is 13.3. The third kappa shape index (κ3) is 3.59. The number of hydrazine groups is 1. The monoisotopic (exact) mass is 287 g/mol. The molecule has 0 saturated carbocycles. The number of aromatic nitrogens is 1. The summed E-state index contributed by atoms with van der Waals surface area (Å²) in [5.74, 6) is 5.82. The average molecular weight is 287 g/mol. The molecule has 2 unspecified atom stereocenters. The highest BCUT2D eigenvalue weighted by atomic mass is 16.5. The van der Waals surface area contributed by atoms with Crippen LogP contribution in [0.25, 0.3) is 10.9 Å². The lowest BCUT2D eigenvalue weighted by Gasteiger charge is -2.36. The molecule has 0 aliphatic carbocycles. The van der Waals surface area contributed by atoms with Gasteiger partial charge >= 0.3 is 0 Å². The molecule has 2 atom stereocenters. The van der Waals surface area contributed by atoms with Gasteiger partial charge in [-0.3, -0.25) is 16.3 Å². The first-order valence-corrected chi connectivity index (χ1v) is 7.39. The summed E-state index contributed by atoms with van der Waals surface area (Å²) in [5, 5.41) is 1.11. The number of para-hydroxylation sites is 1. The average Bonchev–Trinajstić information content (AvgIpc) is 2.46. The first kappa shape index (κ1) is 15.9. The fourth-order valence-electron chi connectivity index (χ4n) is 2.64. The minimum Gasteiger partial charge on any atom is -0.376 e. The number of hydrogen-bond acceptors (Lipinski definition) is 4. The number of nitrogens with zero attached hydrogens (tertiary/aromatic N) is 1. The van der Waals surface area contributed by atoms with E-state index in [9.17, 15) is 0 Å². The third-order valence-corrected chi connectivity index (χ3v) is 3.65. The SMILES string of the molecule is CCOC(C(NN)c1cnc2ccccc2c1)C(C)(C)C. The topological polar surface area (TPSA) is 60.2 Å². The molecule has 2 rings (SSSR count). The molecule has 3 N–H and O–H groups in total. The lowest BCUT2D eigenvalue weighted by molar-refractivity contribution is -0.0367. The van der Waals surface area contributed by atoms with Crippen molar-refractivity contribution < 1.29 is 4.74 Å². The van der Waals surface area contributed by atoms with E-state index in [0.29, 0.717) is 6.61 Å². The van der Waals surface area contributed by atoms with Gasteiger partial charge in [0.1, 0.15) is 0 Å². The molecule has 0 fully saturated rings. The van der Waals surface area contributed by atoms with Crippen molar-refractivity contribution in [2.24, 2.45) is 11.3 Å². The van der Waals surface area contributed by atoms with Crippen LogP contribution in [0.4, 0.5) is 0 Å². The molecule has 1 heterocycles. The molecule has 114 valence electrons. The van der Waals surface area contributed by atoms with Gasteiger partial charge in [0.05, 0.1) is 17.7 Å². The number of benzene rings is 1. The lowest BCUT2D eigenvalue weighted by atomic mass is 9.82. The lowest BCUT2D eigenvalue weighted by Crippen LogP contribution is -2.44. The summed E-state index contributed by atoms with van der Waals surface area (Å²) in [5.41, 5.74) is 4.91. The highest BCUT2D eigenvalue weighted by Gasteiger charge is 2.33. The Bertz CT molecular complexity index is 592. The Kier molecular flexibility index (Phi) is 4.93. The Morgan fingerprint density at radius 3 is 2.62 bits per heavy atom. The van der Waals surface area contributed by atoms with Crippen molar-refractivity contribution in [1.29, 1.82) is 0 Å². The minimum absolute atomic E-state index is 0.0291. The Balaban J connectivity index is 2.41. The van der Waals surface area contributed by atoms with Crippen molar-refractivity contribution >= 4 is 10.9 Å². The maximum absolute atomic E-state index is 5.96. The fraction of sp³-hybridized carbons (Fsp3) is 0.471. The molecule has 0 bridgehead atoms. The molecule has 0 radical (unpaired) electrons. The molecule has 21 heavy (non-hydrogen) atoms. The largest absolute Gasteiger partial charge is 0.376 e. The van der Waals surface area contributed by atoms with Crippen LogP contribution in [0.1, 0.15) is 39.3 Å². The number of nitrogens with one attached hydrogen (secondary N) is 1. The zero-order chi connectivity index (χ0) is 15.5. The maximum Gasteiger partial charge on any atom is 0.0831 e. The van der Waals surface area contributed by atoms with E-state index in [1.165, 1.54) is 0 Å². The maximum atomic E-state index is 5.96. The van der Waals surface area contributed by atoms with E-state index in [0.717, 1.165) is 16.5 Å². The summed E-state index contributed by atoms with van der Waals surface area (Å²) in [6.45, 7) is 9.14. The zero-order valence-corrected chi connectivity index (χ0v) is 13.3. The van der Waals surface area contributed by atoms with Gasteiger partial charge < -0.3 is 4.74 Å². The number of rotatable bonds is 5. The normalized spacial score (nSPS) is 15.1. The second kappa shape index (κ2) is 6.52. The van der Waals surface area contributed by atoms with Gasteiger partial charge in [-0.05, 0) is 30.0 Å². The molecule has 4 heteroatoms. The van der Waals surface area contributed by atoms with Crippen LogP contribution < -0.4 is 11.3 Å². The predicted molar refractivity (Wildman–Crippen MR) is 86.7 cm³/mol. The number of fused-ring (bicyclic) bond motifs is 1. The second-order valence-corrected chi connectivity index (χ2v) is 6.35. The van der Waals surface area contributed by atoms with E-state index in [-0.39, 0.29) is 17.6 Å². The molecular weight excluding hydrogens is 262 g/mol. The van der Waals surface area contributed by atoms with Crippen molar-refractivity contribution in [3.05, 3.63) is 42.1 Å². The predicted octanol–water partition coefficient (Wildman–Crippen LogP) is 3.19. The van der Waals surface area contributed by atoms with E-state index in [4.69, 9.17) is 10.6 Å². The van der Waals surface area contributed by atoms with Gasteiger partial charge in [0, 0.05) is 18.2 Å². The van der Waals surface area contributed by atoms with Crippen LogP contribution in [0.15, 0.2) is 36.5 Å². The van der Waals surface area contributed by atoms with Gasteiger partial charge in [0.15, 0.2) is 0 Å². The van der Waals surface area contributed by atoms with Crippen molar-refractivity contribution in [1.82, 2.24) is 10.4 Å². The van der Waals surface area contributed by atoms with Crippen LogP contribution in [0, 0.1) is 5.41 Å². The van der Waals surface area contributed by atoms with E-state index >= 15 is 0 Å². The Morgan fingerprint density at radius 2 is 2.00 bits per heavy atom. The van der Waals surface area contributed by atoms with Crippen LogP contribution in [0.2, 0.25) is 0 Å². The molecule has 0 spiro atoms. The number of nitrogens with two attached hydrogens (primary N) is 1. The van der Waals surface area contributed by atoms with E-state index in [2.05, 4.69) is 43.3 Å². The standard InChI is InChI=1S/C17H25N3O/c1-5-21-16(17(2,3)4)15(20-18)13-10-12-8-6-7-9-14(12)19-11-13/h6-11,15-16,20H,5,18H2,1-4H3. The Hall–Kier alpha value is -1.49. The van der Waals surface area contributed by atoms with Gasteiger partial charge in [0.2, 0.25) is 0 Å². The van der Waals surface area contributed by atoms with Gasteiger partial charge in [0.25, 0.3) is 0 Å². The summed E-state index contributed by atoms with van der Waals surface area (Å²) in [7, 11) is 0. The quantitative estimate of drug-likeness (QED) is 0.655. The Labute approximate surface area is 126 Å². The third-order valence-electron chi connectivity index (χ3n) is 3.65. The van der Waals surface area contributed by atoms with Crippen LogP contribution in [-0.2, 0) is 4.74 Å². The first-order valence-electron chi connectivity index (χ1n) is 7.39. The number of pyridine rings is 1. The molecule has 0 amide bonds. The van der Waals surface area contributed by atoms with Crippen molar-refractivity contribution in [2.45, 2.75) is 39.8 Å². The molecule has 0 aliphatic heterocycles. The smallest absolute Gasteiger partial charge is 0.0831 e. The Morgan fingerprint density at radius 1 is 1.29 bits per heavy atom. The van der Waals surface area contributed by atoms with Crippen molar-refractivity contribution in [3.8, 4) is 0 Å². The van der Waals surface area contributed by atoms with E-state index < -0.39 is 0 Å². The van der Waals surface area contributed by atoms with Gasteiger partial charge in [-0.1, -0.05) is 39.0 Å². The van der Waals surface area contributed by atoms with E-state index in [1.54, 1.807) is 0 Å². The molecule has 4 nitrogen and oxygen atoms in total. The van der Waals surface area contributed by atoms with Crippen LogP contribution in [0.5, 0.6) is 0 Å². The van der Waals surface area contributed by atoms with Gasteiger partial charge in [-0.15, -0.1) is 0 Å². The number of ether oxygens (including phenoxy) is 1. The fourth-order valence-corrected chi connectivity index (χ4v) is 2.64. The summed E-state index contributed by atoms with van der Waals surface area (Å²) >= 11 is 0.